The summed E-state index contributed by atoms with van der Waals surface area (Å²) in [6, 6.07) is 74.6. The molecule has 312 valence electrons. The van der Waals surface area contributed by atoms with Gasteiger partial charge < -0.3 is 9.32 Å². The Labute approximate surface area is 384 Å². The van der Waals surface area contributed by atoms with E-state index in [1.807, 2.05) is 0 Å². The molecule has 1 aromatic heterocycles. The van der Waals surface area contributed by atoms with Crippen LogP contribution in [-0.2, 0) is 10.8 Å². The van der Waals surface area contributed by atoms with E-state index in [9.17, 15) is 0 Å². The van der Waals surface area contributed by atoms with Crippen LogP contribution in [0.1, 0.15) is 49.9 Å². The first-order chi connectivity index (χ1) is 32.3. The number of fused-ring (bicyclic) bond motifs is 16. The molecule has 0 spiro atoms. The van der Waals surface area contributed by atoms with E-state index in [2.05, 4.69) is 233 Å². The van der Waals surface area contributed by atoms with Crippen LogP contribution in [0.15, 0.2) is 205 Å². The lowest BCUT2D eigenvalue weighted by atomic mass is 9.82. The number of rotatable bonds is 4. The van der Waals surface area contributed by atoms with E-state index in [1.165, 1.54) is 87.6 Å². The molecule has 2 heteroatoms. The Morgan fingerprint density at radius 3 is 1.47 bits per heavy atom. The van der Waals surface area contributed by atoms with Gasteiger partial charge in [-0.25, -0.2) is 0 Å². The van der Waals surface area contributed by atoms with E-state index in [4.69, 9.17) is 4.42 Å². The average Bonchev–Trinajstić information content (AvgIpc) is 3.92. The second-order valence-electron chi connectivity index (χ2n) is 19.6. The Morgan fingerprint density at radius 1 is 0.364 bits per heavy atom. The Bertz CT molecular complexity index is 3930. The first kappa shape index (κ1) is 37.4. The van der Waals surface area contributed by atoms with Gasteiger partial charge in [0, 0.05) is 33.2 Å². The lowest BCUT2D eigenvalue weighted by Gasteiger charge is -2.30. The van der Waals surface area contributed by atoms with Crippen molar-refractivity contribution >= 4 is 82.1 Å². The van der Waals surface area contributed by atoms with Gasteiger partial charge in [-0.1, -0.05) is 179 Å². The summed E-state index contributed by atoms with van der Waals surface area (Å²) in [5.41, 5.74) is 17.7. The third-order valence-electron chi connectivity index (χ3n) is 15.4. The molecule has 0 saturated carbocycles. The van der Waals surface area contributed by atoms with Gasteiger partial charge in [0.15, 0.2) is 0 Å². The quantitative estimate of drug-likeness (QED) is 0.164. The molecule has 0 unspecified atom stereocenters. The molecule has 2 aliphatic carbocycles. The van der Waals surface area contributed by atoms with Crippen molar-refractivity contribution in [2.75, 3.05) is 4.90 Å². The van der Waals surface area contributed by atoms with E-state index >= 15 is 0 Å². The fourth-order valence-electron chi connectivity index (χ4n) is 12.2. The minimum Gasteiger partial charge on any atom is -0.455 e. The highest BCUT2D eigenvalue weighted by molar-refractivity contribution is 6.27. The molecule has 0 bridgehead atoms. The van der Waals surface area contributed by atoms with E-state index in [-0.39, 0.29) is 10.8 Å². The van der Waals surface area contributed by atoms with Gasteiger partial charge in [0.1, 0.15) is 11.2 Å². The summed E-state index contributed by atoms with van der Waals surface area (Å²) in [5, 5.41) is 12.1. The third-order valence-corrected chi connectivity index (χ3v) is 15.4. The van der Waals surface area contributed by atoms with E-state index in [0.717, 1.165) is 50.1 Å². The topological polar surface area (TPSA) is 16.4 Å². The second kappa shape index (κ2) is 13.3. The Kier molecular flexibility index (Phi) is 7.55. The first-order valence-electron chi connectivity index (χ1n) is 23.3. The second-order valence-corrected chi connectivity index (χ2v) is 19.6. The molecular formula is C64H45NO. The molecule has 0 saturated heterocycles. The van der Waals surface area contributed by atoms with Gasteiger partial charge in [0.2, 0.25) is 0 Å². The summed E-state index contributed by atoms with van der Waals surface area (Å²) in [7, 11) is 0. The number of benzene rings is 11. The monoisotopic (exact) mass is 843 g/mol. The van der Waals surface area contributed by atoms with Gasteiger partial charge in [0.05, 0.1) is 11.1 Å². The molecular weight excluding hydrogens is 799 g/mol. The Balaban J connectivity index is 1.04. The van der Waals surface area contributed by atoms with Crippen molar-refractivity contribution < 1.29 is 4.42 Å². The minimum absolute atomic E-state index is 0.158. The van der Waals surface area contributed by atoms with Crippen LogP contribution >= 0.6 is 0 Å². The molecule has 2 aliphatic rings. The summed E-state index contributed by atoms with van der Waals surface area (Å²) in [6.45, 7) is 9.48. The predicted octanol–water partition coefficient (Wildman–Crippen LogP) is 17.9. The number of furan rings is 1. The standard InChI is InChI=1S/C64H45NO/c1-63(2)54-24-13-11-22-48(54)50-32-29-40(36-56(50)63)65(41-30-33-51-49-23-12-14-25-55(49)64(3,4)57(51)37-41)58-26-15-27-59-61(58)53-34-38-16-5-6-17-42(38)60(62(53)66-59)39-28-31-47-45-20-8-7-18-43(45)44-19-9-10-21-46(44)52(47)35-39/h5-37H,1-4H3. The van der Waals surface area contributed by atoms with Crippen molar-refractivity contribution in [1.82, 2.24) is 0 Å². The van der Waals surface area contributed by atoms with Gasteiger partial charge in [-0.3, -0.25) is 0 Å². The maximum Gasteiger partial charge on any atom is 0.143 e. The Hall–Kier alpha value is -7.94. The zero-order valence-electron chi connectivity index (χ0n) is 37.4. The SMILES string of the molecule is CC1(C)c2ccccc2-c2ccc(N(c3ccc4c(c3)C(C)(C)c3ccccc3-4)c3cccc4oc5c(-c6ccc7c8ccccc8c8ccccc8c7c6)c6ccccc6cc5c34)cc21. The first-order valence-corrected chi connectivity index (χ1v) is 23.3. The lowest BCUT2D eigenvalue weighted by molar-refractivity contribution is 0.660. The summed E-state index contributed by atoms with van der Waals surface area (Å²) >= 11 is 0. The van der Waals surface area contributed by atoms with Crippen molar-refractivity contribution in [3.8, 4) is 33.4 Å². The smallest absolute Gasteiger partial charge is 0.143 e. The highest BCUT2D eigenvalue weighted by Gasteiger charge is 2.38. The molecule has 0 amide bonds. The maximum atomic E-state index is 7.25. The highest BCUT2D eigenvalue weighted by Crippen LogP contribution is 2.55. The third kappa shape index (κ3) is 5.02. The minimum atomic E-state index is -0.158. The summed E-state index contributed by atoms with van der Waals surface area (Å²) in [6.07, 6.45) is 0. The van der Waals surface area contributed by atoms with E-state index < -0.39 is 0 Å². The number of hydrogen-bond donors (Lipinski definition) is 0. The summed E-state index contributed by atoms with van der Waals surface area (Å²) in [5.74, 6) is 0. The zero-order chi connectivity index (χ0) is 44.1. The fourth-order valence-corrected chi connectivity index (χ4v) is 12.2. The number of nitrogens with zero attached hydrogens (tertiary/aromatic N) is 1. The van der Waals surface area contributed by atoms with Crippen LogP contribution in [0.5, 0.6) is 0 Å². The molecule has 14 rings (SSSR count). The van der Waals surface area contributed by atoms with Gasteiger partial charge >= 0.3 is 0 Å². The van der Waals surface area contributed by atoms with E-state index in [1.54, 1.807) is 0 Å². The van der Waals surface area contributed by atoms with Crippen molar-refractivity contribution in [1.29, 1.82) is 0 Å². The summed E-state index contributed by atoms with van der Waals surface area (Å²) in [4.78, 5) is 2.50. The van der Waals surface area contributed by atoms with Crippen molar-refractivity contribution in [3.05, 3.63) is 222 Å². The number of anilines is 3. The van der Waals surface area contributed by atoms with Crippen LogP contribution in [0.4, 0.5) is 17.1 Å². The normalized spacial score (nSPS) is 14.3. The maximum absolute atomic E-state index is 7.25. The van der Waals surface area contributed by atoms with Crippen LogP contribution < -0.4 is 4.90 Å². The van der Waals surface area contributed by atoms with Crippen LogP contribution in [-0.4, -0.2) is 0 Å². The van der Waals surface area contributed by atoms with E-state index in [0.29, 0.717) is 0 Å². The predicted molar refractivity (Wildman–Crippen MR) is 279 cm³/mol. The van der Waals surface area contributed by atoms with Crippen molar-refractivity contribution in [2.24, 2.45) is 0 Å². The molecule has 0 N–H and O–H groups in total. The molecule has 11 aromatic carbocycles. The van der Waals surface area contributed by atoms with Crippen LogP contribution in [0, 0.1) is 0 Å². The van der Waals surface area contributed by atoms with Gasteiger partial charge in [0.25, 0.3) is 0 Å². The molecule has 12 aromatic rings. The molecule has 0 radical (unpaired) electrons. The van der Waals surface area contributed by atoms with Crippen LogP contribution in [0.2, 0.25) is 0 Å². The molecule has 66 heavy (non-hydrogen) atoms. The van der Waals surface area contributed by atoms with Gasteiger partial charge in [-0.2, -0.15) is 0 Å². The van der Waals surface area contributed by atoms with Crippen molar-refractivity contribution in [2.45, 2.75) is 38.5 Å². The molecule has 0 fully saturated rings. The van der Waals surface area contributed by atoms with Gasteiger partial charge in [-0.05, 0) is 142 Å². The molecule has 0 atom stereocenters. The summed E-state index contributed by atoms with van der Waals surface area (Å²) < 4.78 is 7.25. The largest absolute Gasteiger partial charge is 0.455 e. The molecule has 0 aliphatic heterocycles. The Morgan fingerprint density at radius 2 is 0.864 bits per heavy atom. The number of hydrogen-bond acceptors (Lipinski definition) is 2. The zero-order valence-corrected chi connectivity index (χ0v) is 37.4. The molecule has 1 heterocycles. The molecule has 2 nitrogen and oxygen atoms in total. The van der Waals surface area contributed by atoms with Crippen molar-refractivity contribution in [3.63, 3.8) is 0 Å². The highest BCUT2D eigenvalue weighted by atomic mass is 16.3. The van der Waals surface area contributed by atoms with Crippen LogP contribution in [0.25, 0.3) is 98.4 Å². The average molecular weight is 844 g/mol. The lowest BCUT2D eigenvalue weighted by Crippen LogP contribution is -2.18. The fraction of sp³-hybridized carbons (Fsp3) is 0.0938. The van der Waals surface area contributed by atoms with Crippen LogP contribution in [0.3, 0.4) is 0 Å². The van der Waals surface area contributed by atoms with Gasteiger partial charge in [-0.15, -0.1) is 0 Å².